The molecule has 1 N–H and O–H groups in total. The van der Waals surface area contributed by atoms with Gasteiger partial charge < -0.3 is 14.6 Å². The van der Waals surface area contributed by atoms with Crippen LogP contribution in [0.15, 0.2) is 60.1 Å². The number of fused-ring (bicyclic) bond motifs is 1. The highest BCUT2D eigenvalue weighted by Gasteiger charge is 2.16. The molecule has 0 unspecified atom stereocenters. The van der Waals surface area contributed by atoms with Gasteiger partial charge in [0.2, 0.25) is 0 Å². The van der Waals surface area contributed by atoms with E-state index in [-0.39, 0.29) is 11.6 Å². The van der Waals surface area contributed by atoms with Crippen molar-refractivity contribution in [1.82, 2.24) is 9.55 Å². The summed E-state index contributed by atoms with van der Waals surface area (Å²) >= 11 is 1.38. The number of ether oxygens (including phenoxy) is 1. The van der Waals surface area contributed by atoms with E-state index in [0.717, 1.165) is 21.5 Å². The molecule has 7 heteroatoms. The summed E-state index contributed by atoms with van der Waals surface area (Å²) in [6, 6.07) is 14.8. The minimum Gasteiger partial charge on any atom is -0.464 e. The maximum Gasteiger partial charge on any atom is 0.357 e. The van der Waals surface area contributed by atoms with Gasteiger partial charge >= 0.3 is 5.97 Å². The second-order valence-electron chi connectivity index (χ2n) is 6.24. The molecule has 0 saturated carbocycles. The third-order valence-electron chi connectivity index (χ3n) is 4.41. The largest absolute Gasteiger partial charge is 0.464 e. The van der Waals surface area contributed by atoms with Crippen LogP contribution in [0, 0.1) is 0 Å². The van der Waals surface area contributed by atoms with Crippen LogP contribution >= 0.6 is 11.3 Å². The molecule has 2 heterocycles. The molecule has 4 aromatic rings. The van der Waals surface area contributed by atoms with E-state index in [1.54, 1.807) is 17.5 Å². The van der Waals surface area contributed by atoms with Gasteiger partial charge in [-0.3, -0.25) is 4.79 Å². The van der Waals surface area contributed by atoms with Gasteiger partial charge in [-0.2, -0.15) is 0 Å². The quantitative estimate of drug-likeness (QED) is 0.525. The summed E-state index contributed by atoms with van der Waals surface area (Å²) in [7, 11) is 3.28. The van der Waals surface area contributed by atoms with Crippen LogP contribution < -0.4 is 5.32 Å². The molecule has 2 aromatic heterocycles. The van der Waals surface area contributed by atoms with Gasteiger partial charge in [0.15, 0.2) is 5.69 Å². The van der Waals surface area contributed by atoms with Gasteiger partial charge in [0.05, 0.1) is 7.11 Å². The molecule has 0 spiro atoms. The number of benzene rings is 2. The van der Waals surface area contributed by atoms with E-state index >= 15 is 0 Å². The van der Waals surface area contributed by atoms with Crippen molar-refractivity contribution >= 4 is 39.8 Å². The Kier molecular flexibility index (Phi) is 4.67. The first kappa shape index (κ1) is 17.9. The van der Waals surface area contributed by atoms with E-state index < -0.39 is 5.97 Å². The van der Waals surface area contributed by atoms with Crippen molar-refractivity contribution in [2.24, 2.45) is 7.05 Å². The molecule has 4 rings (SSSR count). The zero-order chi connectivity index (χ0) is 19.7. The highest BCUT2D eigenvalue weighted by Crippen LogP contribution is 2.34. The average molecular weight is 391 g/mol. The van der Waals surface area contributed by atoms with Gasteiger partial charge in [0.1, 0.15) is 5.01 Å². The number of nitrogens with one attached hydrogen (secondary N) is 1. The molecule has 6 nitrogen and oxygen atoms in total. The maximum absolute atomic E-state index is 12.4. The Labute approximate surface area is 165 Å². The van der Waals surface area contributed by atoms with E-state index in [1.165, 1.54) is 18.4 Å². The Morgan fingerprint density at radius 3 is 2.68 bits per heavy atom. The molecule has 0 bridgehead atoms. The van der Waals surface area contributed by atoms with Crippen LogP contribution in [0.3, 0.4) is 0 Å². The van der Waals surface area contributed by atoms with Crippen molar-refractivity contribution in [2.75, 3.05) is 12.4 Å². The predicted octanol–water partition coefficient (Wildman–Crippen LogP) is 4.34. The molecule has 2 aromatic carbocycles. The van der Waals surface area contributed by atoms with Gasteiger partial charge in [0.25, 0.3) is 5.91 Å². The minimum atomic E-state index is -0.460. The summed E-state index contributed by atoms with van der Waals surface area (Å²) in [6.07, 6.45) is 1.97. The Balaban J connectivity index is 1.71. The summed E-state index contributed by atoms with van der Waals surface area (Å²) in [4.78, 5) is 28.5. The zero-order valence-corrected chi connectivity index (χ0v) is 16.1. The Morgan fingerprint density at radius 1 is 1.14 bits per heavy atom. The third-order valence-corrected chi connectivity index (χ3v) is 5.29. The van der Waals surface area contributed by atoms with Crippen molar-refractivity contribution in [3.05, 3.63) is 71.4 Å². The van der Waals surface area contributed by atoms with Crippen LogP contribution in [-0.4, -0.2) is 28.5 Å². The number of rotatable bonds is 4. The number of hydrogen-bond donors (Lipinski definition) is 1. The predicted molar refractivity (Wildman–Crippen MR) is 110 cm³/mol. The molecular weight excluding hydrogens is 374 g/mol. The van der Waals surface area contributed by atoms with E-state index in [4.69, 9.17) is 4.74 Å². The standard InChI is InChI=1S/C21H17N3O3S/c1-24-11-16(20-23-17(12-28-20)21(26)27-2)15-10-14(8-9-18(15)24)22-19(25)13-6-4-3-5-7-13/h3-12H,1-2H3,(H,22,25). The summed E-state index contributed by atoms with van der Waals surface area (Å²) < 4.78 is 6.73. The zero-order valence-electron chi connectivity index (χ0n) is 15.3. The molecule has 0 saturated heterocycles. The van der Waals surface area contributed by atoms with Crippen LogP contribution in [-0.2, 0) is 11.8 Å². The van der Waals surface area contributed by atoms with Crippen LogP contribution in [0.25, 0.3) is 21.5 Å². The number of carbonyl (C=O) groups is 2. The first-order valence-electron chi connectivity index (χ1n) is 8.56. The molecule has 28 heavy (non-hydrogen) atoms. The van der Waals surface area contributed by atoms with Crippen molar-refractivity contribution in [1.29, 1.82) is 0 Å². The second kappa shape index (κ2) is 7.28. The lowest BCUT2D eigenvalue weighted by molar-refractivity contribution is 0.0595. The van der Waals surface area contributed by atoms with Crippen LogP contribution in [0.5, 0.6) is 0 Å². The monoisotopic (exact) mass is 391 g/mol. The number of amides is 1. The van der Waals surface area contributed by atoms with Crippen molar-refractivity contribution in [3.63, 3.8) is 0 Å². The second-order valence-corrected chi connectivity index (χ2v) is 7.09. The summed E-state index contributed by atoms with van der Waals surface area (Å²) in [5.41, 5.74) is 3.47. The number of methoxy groups -OCH3 is 1. The molecule has 0 atom stereocenters. The van der Waals surface area contributed by atoms with Crippen LogP contribution in [0.1, 0.15) is 20.8 Å². The van der Waals surface area contributed by atoms with Gasteiger partial charge in [-0.1, -0.05) is 18.2 Å². The van der Waals surface area contributed by atoms with Crippen molar-refractivity contribution in [3.8, 4) is 10.6 Å². The third kappa shape index (κ3) is 3.27. The Bertz CT molecular complexity index is 1180. The van der Waals surface area contributed by atoms with Gasteiger partial charge in [0, 0.05) is 46.3 Å². The fraction of sp³-hybridized carbons (Fsp3) is 0.0952. The number of carbonyl (C=O) groups excluding carboxylic acids is 2. The molecule has 0 aliphatic heterocycles. The number of hydrogen-bond acceptors (Lipinski definition) is 5. The highest BCUT2D eigenvalue weighted by molar-refractivity contribution is 7.13. The lowest BCUT2D eigenvalue weighted by Crippen LogP contribution is -2.11. The molecule has 0 aliphatic carbocycles. The fourth-order valence-electron chi connectivity index (χ4n) is 3.03. The first-order valence-corrected chi connectivity index (χ1v) is 9.44. The minimum absolute atomic E-state index is 0.167. The van der Waals surface area contributed by atoms with Crippen molar-refractivity contribution in [2.45, 2.75) is 0 Å². The van der Waals surface area contributed by atoms with Crippen LogP contribution in [0.4, 0.5) is 5.69 Å². The molecular formula is C21H17N3O3S. The lowest BCUT2D eigenvalue weighted by Gasteiger charge is -2.06. The van der Waals surface area contributed by atoms with Gasteiger partial charge in [-0.15, -0.1) is 11.3 Å². The van der Waals surface area contributed by atoms with Gasteiger partial charge in [-0.05, 0) is 30.3 Å². The summed E-state index contributed by atoms with van der Waals surface area (Å²) in [5.74, 6) is -0.627. The Morgan fingerprint density at radius 2 is 1.93 bits per heavy atom. The van der Waals surface area contributed by atoms with E-state index in [9.17, 15) is 9.59 Å². The van der Waals surface area contributed by atoms with E-state index in [2.05, 4.69) is 10.3 Å². The number of nitrogens with zero attached hydrogens (tertiary/aromatic N) is 2. The van der Waals surface area contributed by atoms with Crippen molar-refractivity contribution < 1.29 is 14.3 Å². The normalized spacial score (nSPS) is 10.8. The van der Waals surface area contributed by atoms with E-state index in [0.29, 0.717) is 11.3 Å². The highest BCUT2D eigenvalue weighted by atomic mass is 32.1. The maximum atomic E-state index is 12.4. The first-order chi connectivity index (χ1) is 13.6. The number of aromatic nitrogens is 2. The molecule has 1 amide bonds. The molecule has 0 aliphatic rings. The molecule has 0 fully saturated rings. The number of anilines is 1. The Hall–Kier alpha value is -3.45. The average Bonchev–Trinajstić information content (AvgIpc) is 3.33. The number of thiazole rings is 1. The summed E-state index contributed by atoms with van der Waals surface area (Å²) in [6.45, 7) is 0. The van der Waals surface area contributed by atoms with E-state index in [1.807, 2.05) is 54.2 Å². The lowest BCUT2D eigenvalue weighted by atomic mass is 10.1. The SMILES string of the molecule is COC(=O)c1csc(-c2cn(C)c3ccc(NC(=O)c4ccccc4)cc23)n1. The molecule has 140 valence electrons. The number of esters is 1. The fourth-order valence-corrected chi connectivity index (χ4v) is 3.84. The van der Waals surface area contributed by atoms with Gasteiger partial charge in [-0.25, -0.2) is 9.78 Å². The molecule has 0 radical (unpaired) electrons. The smallest absolute Gasteiger partial charge is 0.357 e. The topological polar surface area (TPSA) is 73.2 Å². The number of aryl methyl sites for hydroxylation is 1. The van der Waals surface area contributed by atoms with Crippen LogP contribution in [0.2, 0.25) is 0 Å². The summed E-state index contributed by atoms with van der Waals surface area (Å²) in [5, 5.41) is 6.28.